The minimum absolute atomic E-state index is 0.351. The van der Waals surface area contributed by atoms with Crippen molar-refractivity contribution in [1.82, 2.24) is 0 Å². The van der Waals surface area contributed by atoms with Crippen LogP contribution in [0.15, 0.2) is 5.11 Å². The molecule has 0 unspecified atom stereocenters. The molecule has 0 saturated carbocycles. The summed E-state index contributed by atoms with van der Waals surface area (Å²) < 4.78 is 4.63. The van der Waals surface area contributed by atoms with Crippen LogP contribution in [0.25, 0.3) is 10.4 Å². The Hall–Kier alpha value is -1.22. The van der Waals surface area contributed by atoms with Crippen LogP contribution in [0.5, 0.6) is 0 Å². The molecule has 14 heavy (non-hydrogen) atoms. The van der Waals surface area contributed by atoms with E-state index in [-0.39, 0.29) is 0 Å². The Bertz CT molecular complexity index is 200. The van der Waals surface area contributed by atoms with Crippen LogP contribution in [0.3, 0.4) is 0 Å². The molecule has 5 heteroatoms. The average Bonchev–Trinajstić information content (AvgIpc) is 2.17. The first-order chi connectivity index (χ1) is 6.81. The van der Waals surface area contributed by atoms with Crippen molar-refractivity contribution in [3.8, 4) is 0 Å². The summed E-state index contributed by atoms with van der Waals surface area (Å²) >= 11 is 0. The van der Waals surface area contributed by atoms with Crippen LogP contribution in [0.4, 0.5) is 4.79 Å². The second kappa shape index (κ2) is 9.86. The van der Waals surface area contributed by atoms with Crippen molar-refractivity contribution in [3.63, 3.8) is 0 Å². The van der Waals surface area contributed by atoms with Gasteiger partial charge in [-0.25, -0.2) is 4.79 Å². The molecule has 0 rings (SSSR count). The number of azide groups is 1. The van der Waals surface area contributed by atoms with Crippen molar-refractivity contribution in [1.29, 1.82) is 0 Å². The lowest BCUT2D eigenvalue weighted by Gasteiger charge is -2.00. The molecular weight excluding hydrogens is 182 g/mol. The van der Waals surface area contributed by atoms with Gasteiger partial charge in [0, 0.05) is 10.0 Å². The molecule has 0 radical (unpaired) electrons. The topological polar surface area (TPSA) is 75.1 Å². The van der Waals surface area contributed by atoms with E-state index in [1.54, 1.807) is 0 Å². The van der Waals surface area contributed by atoms with Gasteiger partial charge in [-0.05, 0) is 12.0 Å². The van der Waals surface area contributed by atoms with Gasteiger partial charge in [-0.3, -0.25) is 0 Å². The monoisotopic (exact) mass is 199 g/mol. The van der Waals surface area contributed by atoms with E-state index in [1.807, 2.05) is 0 Å². The lowest BCUT2D eigenvalue weighted by atomic mass is 10.1. The number of carbonyl (C=O) groups excluding carboxylic acids is 1. The fourth-order valence-corrected chi connectivity index (χ4v) is 1.11. The second-order valence-corrected chi connectivity index (χ2v) is 3.07. The molecule has 0 bridgehead atoms. The Kier molecular flexibility index (Phi) is 9.01. The number of amides is 1. The number of unbranched alkanes of at least 4 members (excludes halogenated alkanes) is 5. The van der Waals surface area contributed by atoms with Crippen LogP contribution in [0, 0.1) is 0 Å². The molecule has 0 heterocycles. The summed E-state index contributed by atoms with van der Waals surface area (Å²) in [7, 11) is 0. The molecule has 0 N–H and O–H groups in total. The number of carbonyl (C=O) groups is 1. The largest absolute Gasteiger partial charge is 0.461 e. The van der Waals surface area contributed by atoms with Crippen molar-refractivity contribution in [2.45, 2.75) is 45.4 Å². The number of ether oxygens (including phenoxy) is 1. The highest BCUT2D eigenvalue weighted by Gasteiger charge is 1.96. The van der Waals surface area contributed by atoms with Crippen LogP contribution >= 0.6 is 0 Å². The van der Waals surface area contributed by atoms with Gasteiger partial charge in [-0.15, -0.1) is 0 Å². The molecule has 0 aromatic rings. The van der Waals surface area contributed by atoms with Gasteiger partial charge in [0.2, 0.25) is 0 Å². The molecule has 1 amide bonds. The lowest BCUT2D eigenvalue weighted by Crippen LogP contribution is -1.99. The fourth-order valence-electron chi connectivity index (χ4n) is 1.11. The molecule has 0 atom stereocenters. The maximum Gasteiger partial charge on any atom is 0.396 e. The van der Waals surface area contributed by atoms with Crippen LogP contribution in [-0.4, -0.2) is 12.7 Å². The zero-order valence-corrected chi connectivity index (χ0v) is 8.61. The molecule has 0 aliphatic heterocycles. The van der Waals surface area contributed by atoms with Gasteiger partial charge >= 0.3 is 6.09 Å². The van der Waals surface area contributed by atoms with Gasteiger partial charge in [0.15, 0.2) is 0 Å². The van der Waals surface area contributed by atoms with E-state index in [0.29, 0.717) is 6.61 Å². The highest BCUT2D eigenvalue weighted by Crippen LogP contribution is 2.04. The Morgan fingerprint density at radius 2 is 1.93 bits per heavy atom. The Morgan fingerprint density at radius 1 is 1.29 bits per heavy atom. The van der Waals surface area contributed by atoms with E-state index in [0.717, 1.165) is 12.8 Å². The maximum absolute atomic E-state index is 10.5. The molecule has 0 aromatic heterocycles. The van der Waals surface area contributed by atoms with Crippen molar-refractivity contribution in [2.75, 3.05) is 6.61 Å². The first-order valence-electron chi connectivity index (χ1n) is 5.03. The number of nitrogens with zero attached hydrogens (tertiary/aromatic N) is 3. The molecule has 0 aliphatic carbocycles. The Balaban J connectivity index is 3.13. The third-order valence-electron chi connectivity index (χ3n) is 1.85. The van der Waals surface area contributed by atoms with Crippen molar-refractivity contribution in [3.05, 3.63) is 10.4 Å². The van der Waals surface area contributed by atoms with E-state index in [4.69, 9.17) is 5.53 Å². The molecule has 0 saturated heterocycles. The lowest BCUT2D eigenvalue weighted by molar-refractivity contribution is 0.154. The Morgan fingerprint density at radius 3 is 2.57 bits per heavy atom. The van der Waals surface area contributed by atoms with E-state index in [1.165, 1.54) is 25.7 Å². The summed E-state index contributed by atoms with van der Waals surface area (Å²) in [4.78, 5) is 12.9. The highest BCUT2D eigenvalue weighted by molar-refractivity contribution is 5.67. The molecule has 80 valence electrons. The predicted molar refractivity (Wildman–Crippen MR) is 53.9 cm³/mol. The smallest absolute Gasteiger partial charge is 0.396 e. The van der Waals surface area contributed by atoms with E-state index < -0.39 is 6.09 Å². The summed E-state index contributed by atoms with van der Waals surface area (Å²) in [5.41, 5.74) is 7.89. The van der Waals surface area contributed by atoms with E-state index in [9.17, 15) is 4.79 Å². The van der Waals surface area contributed by atoms with Gasteiger partial charge in [-0.2, -0.15) is 0 Å². The highest BCUT2D eigenvalue weighted by atomic mass is 16.5. The molecule has 0 aromatic carbocycles. The van der Waals surface area contributed by atoms with Crippen molar-refractivity contribution in [2.24, 2.45) is 5.11 Å². The summed E-state index contributed by atoms with van der Waals surface area (Å²) in [6, 6.07) is 0. The molecular formula is C9H17N3O2. The summed E-state index contributed by atoms with van der Waals surface area (Å²) in [6.07, 6.45) is 5.97. The zero-order chi connectivity index (χ0) is 10.6. The quantitative estimate of drug-likeness (QED) is 0.270. The van der Waals surface area contributed by atoms with Crippen LogP contribution in [0.2, 0.25) is 0 Å². The van der Waals surface area contributed by atoms with Crippen LogP contribution in [-0.2, 0) is 4.74 Å². The SMILES string of the molecule is CCCCCCCCOC(=O)N=[N+]=[N-]. The first-order valence-corrected chi connectivity index (χ1v) is 5.03. The average molecular weight is 199 g/mol. The number of rotatable bonds is 7. The van der Waals surface area contributed by atoms with Crippen LogP contribution in [0.1, 0.15) is 45.4 Å². The zero-order valence-electron chi connectivity index (χ0n) is 8.61. The van der Waals surface area contributed by atoms with Crippen molar-refractivity contribution >= 4 is 6.09 Å². The first kappa shape index (κ1) is 12.8. The molecule has 0 aliphatic rings. The Labute approximate surface area is 84.1 Å². The van der Waals surface area contributed by atoms with Gasteiger partial charge in [-0.1, -0.05) is 39.0 Å². The minimum atomic E-state index is -0.832. The van der Waals surface area contributed by atoms with Gasteiger partial charge in [0.25, 0.3) is 0 Å². The van der Waals surface area contributed by atoms with Crippen LogP contribution < -0.4 is 0 Å². The summed E-state index contributed by atoms with van der Waals surface area (Å²) in [5.74, 6) is 0. The fraction of sp³-hybridized carbons (Fsp3) is 0.889. The van der Waals surface area contributed by atoms with E-state index >= 15 is 0 Å². The third-order valence-corrected chi connectivity index (χ3v) is 1.85. The van der Waals surface area contributed by atoms with Crippen molar-refractivity contribution < 1.29 is 9.53 Å². The number of hydrogen-bond acceptors (Lipinski definition) is 2. The van der Waals surface area contributed by atoms with E-state index in [2.05, 4.69) is 21.7 Å². The molecule has 0 fully saturated rings. The van der Waals surface area contributed by atoms with Gasteiger partial charge < -0.3 is 4.74 Å². The standard InChI is InChI=1S/C9H17N3O2/c1-2-3-4-5-6-7-8-14-9(13)11-12-10/h2-8H2,1H3. The molecule has 0 spiro atoms. The molecule has 5 nitrogen and oxygen atoms in total. The second-order valence-electron chi connectivity index (χ2n) is 3.07. The maximum atomic E-state index is 10.5. The number of hydrogen-bond donors (Lipinski definition) is 0. The summed E-state index contributed by atoms with van der Waals surface area (Å²) in [6.45, 7) is 2.52. The summed E-state index contributed by atoms with van der Waals surface area (Å²) in [5, 5.41) is 2.79. The normalized spacial score (nSPS) is 9.21. The third kappa shape index (κ3) is 8.87. The minimum Gasteiger partial charge on any atom is -0.461 e. The predicted octanol–water partition coefficient (Wildman–Crippen LogP) is 3.79. The van der Waals surface area contributed by atoms with Gasteiger partial charge in [0.1, 0.15) is 0 Å². The van der Waals surface area contributed by atoms with Gasteiger partial charge in [0.05, 0.1) is 6.61 Å².